The number of hydrogen-bond donors (Lipinski definition) is 2. The van der Waals surface area contributed by atoms with Crippen molar-refractivity contribution in [2.45, 2.75) is 19.9 Å². The van der Waals surface area contributed by atoms with Crippen LogP contribution in [0.4, 0.5) is 0 Å². The highest BCUT2D eigenvalue weighted by atomic mass is 16.5. The van der Waals surface area contributed by atoms with Gasteiger partial charge in [-0.2, -0.15) is 0 Å². The summed E-state index contributed by atoms with van der Waals surface area (Å²) in [5, 5.41) is 0. The topological polar surface area (TPSA) is 56.5 Å². The minimum absolute atomic E-state index is 0.117. The van der Waals surface area contributed by atoms with E-state index in [-0.39, 0.29) is 6.04 Å². The van der Waals surface area contributed by atoms with E-state index in [1.54, 1.807) is 14.2 Å². The summed E-state index contributed by atoms with van der Waals surface area (Å²) >= 11 is 0. The molecule has 2 aromatic rings. The third kappa shape index (κ3) is 3.35. The maximum Gasteiger partial charge on any atom is 0.122 e. The Morgan fingerprint density at radius 3 is 2.10 bits per heavy atom. The van der Waals surface area contributed by atoms with E-state index in [9.17, 15) is 0 Å². The average molecular weight is 286 g/mol. The standard InChI is InChI=1S/C17H22N2O2/c1-11-5-6-12(2)16(7-11)17(19-18)13-8-14(20-3)10-15(9-13)21-4/h5-10,17,19H,18H2,1-4H3. The van der Waals surface area contributed by atoms with Gasteiger partial charge in [0.25, 0.3) is 0 Å². The molecular weight excluding hydrogens is 264 g/mol. The zero-order chi connectivity index (χ0) is 15.4. The molecule has 0 aliphatic carbocycles. The minimum atomic E-state index is -0.117. The number of aryl methyl sites for hydroxylation is 2. The lowest BCUT2D eigenvalue weighted by atomic mass is 9.93. The van der Waals surface area contributed by atoms with Crippen molar-refractivity contribution >= 4 is 0 Å². The van der Waals surface area contributed by atoms with Crippen LogP contribution >= 0.6 is 0 Å². The van der Waals surface area contributed by atoms with Crippen molar-refractivity contribution in [3.63, 3.8) is 0 Å². The van der Waals surface area contributed by atoms with Gasteiger partial charge in [-0.15, -0.1) is 0 Å². The lowest BCUT2D eigenvalue weighted by molar-refractivity contribution is 0.392. The van der Waals surface area contributed by atoms with E-state index in [0.29, 0.717) is 0 Å². The van der Waals surface area contributed by atoms with Crippen LogP contribution in [-0.2, 0) is 0 Å². The van der Waals surface area contributed by atoms with Crippen LogP contribution in [0.3, 0.4) is 0 Å². The third-order valence-corrected chi connectivity index (χ3v) is 3.62. The van der Waals surface area contributed by atoms with E-state index in [1.165, 1.54) is 11.1 Å². The maximum atomic E-state index is 5.81. The first-order valence-corrected chi connectivity index (χ1v) is 6.85. The van der Waals surface area contributed by atoms with Crippen LogP contribution in [0.2, 0.25) is 0 Å². The molecule has 4 heteroatoms. The molecule has 0 aliphatic heterocycles. The van der Waals surface area contributed by atoms with Gasteiger partial charge in [0.15, 0.2) is 0 Å². The lowest BCUT2D eigenvalue weighted by Gasteiger charge is -2.21. The number of ether oxygens (including phenoxy) is 2. The Morgan fingerprint density at radius 2 is 1.57 bits per heavy atom. The molecule has 0 heterocycles. The van der Waals surface area contributed by atoms with E-state index in [0.717, 1.165) is 22.6 Å². The highest BCUT2D eigenvalue weighted by molar-refractivity contribution is 5.45. The van der Waals surface area contributed by atoms with Crippen LogP contribution in [0.25, 0.3) is 0 Å². The number of nitrogens with one attached hydrogen (secondary N) is 1. The van der Waals surface area contributed by atoms with Gasteiger partial charge in [-0.05, 0) is 42.7 Å². The molecule has 0 aliphatic rings. The number of benzene rings is 2. The molecule has 0 aromatic heterocycles. The molecule has 112 valence electrons. The Bertz CT molecular complexity index is 604. The van der Waals surface area contributed by atoms with Crippen LogP contribution in [0.1, 0.15) is 28.3 Å². The summed E-state index contributed by atoms with van der Waals surface area (Å²) in [6, 6.07) is 12.0. The Labute approximate surface area is 125 Å². The molecule has 1 unspecified atom stereocenters. The van der Waals surface area contributed by atoms with Gasteiger partial charge in [0.2, 0.25) is 0 Å². The predicted octanol–water partition coefficient (Wildman–Crippen LogP) is 2.87. The summed E-state index contributed by atoms with van der Waals surface area (Å²) in [4.78, 5) is 0. The molecular formula is C17H22N2O2. The van der Waals surface area contributed by atoms with Crippen molar-refractivity contribution in [3.8, 4) is 11.5 Å². The van der Waals surface area contributed by atoms with E-state index in [4.69, 9.17) is 15.3 Å². The Kier molecular flexibility index (Phi) is 4.83. The monoisotopic (exact) mass is 286 g/mol. The van der Waals surface area contributed by atoms with Crippen molar-refractivity contribution in [2.24, 2.45) is 5.84 Å². The highest BCUT2D eigenvalue weighted by Crippen LogP contribution is 2.31. The lowest BCUT2D eigenvalue weighted by Crippen LogP contribution is -2.29. The zero-order valence-corrected chi connectivity index (χ0v) is 12.9. The third-order valence-electron chi connectivity index (χ3n) is 3.62. The molecule has 3 N–H and O–H groups in total. The summed E-state index contributed by atoms with van der Waals surface area (Å²) < 4.78 is 10.7. The first kappa shape index (κ1) is 15.4. The molecule has 0 saturated carbocycles. The molecule has 0 radical (unpaired) electrons. The summed E-state index contributed by atoms with van der Waals surface area (Å²) in [6.07, 6.45) is 0. The SMILES string of the molecule is COc1cc(OC)cc(C(NN)c2cc(C)ccc2C)c1. The van der Waals surface area contributed by atoms with Crippen LogP contribution in [0.5, 0.6) is 11.5 Å². The molecule has 0 saturated heterocycles. The summed E-state index contributed by atoms with van der Waals surface area (Å²) in [5.74, 6) is 7.30. The van der Waals surface area contributed by atoms with Gasteiger partial charge in [-0.3, -0.25) is 5.84 Å². The summed E-state index contributed by atoms with van der Waals surface area (Å²) in [7, 11) is 3.28. The second-order valence-corrected chi connectivity index (χ2v) is 5.11. The van der Waals surface area contributed by atoms with Crippen LogP contribution < -0.4 is 20.7 Å². The van der Waals surface area contributed by atoms with E-state index in [1.807, 2.05) is 18.2 Å². The highest BCUT2D eigenvalue weighted by Gasteiger charge is 2.17. The fraction of sp³-hybridized carbons (Fsp3) is 0.294. The minimum Gasteiger partial charge on any atom is -0.497 e. The second kappa shape index (κ2) is 6.61. The largest absolute Gasteiger partial charge is 0.497 e. The first-order chi connectivity index (χ1) is 10.1. The molecule has 4 nitrogen and oxygen atoms in total. The van der Waals surface area contributed by atoms with Gasteiger partial charge in [-0.1, -0.05) is 23.8 Å². The van der Waals surface area contributed by atoms with Crippen molar-refractivity contribution in [1.29, 1.82) is 0 Å². The average Bonchev–Trinajstić information content (AvgIpc) is 2.51. The maximum absolute atomic E-state index is 5.81. The summed E-state index contributed by atoms with van der Waals surface area (Å²) in [6.45, 7) is 4.15. The first-order valence-electron chi connectivity index (χ1n) is 6.85. The number of nitrogens with two attached hydrogens (primary N) is 1. The quantitative estimate of drug-likeness (QED) is 0.655. The van der Waals surface area contributed by atoms with E-state index >= 15 is 0 Å². The molecule has 0 amide bonds. The number of methoxy groups -OCH3 is 2. The van der Waals surface area contributed by atoms with Gasteiger partial charge in [0.1, 0.15) is 11.5 Å². The smallest absolute Gasteiger partial charge is 0.122 e. The van der Waals surface area contributed by atoms with Gasteiger partial charge in [0, 0.05) is 6.07 Å². The molecule has 0 bridgehead atoms. The number of hydrazine groups is 1. The number of rotatable bonds is 5. The van der Waals surface area contributed by atoms with Crippen molar-refractivity contribution in [3.05, 3.63) is 58.7 Å². The van der Waals surface area contributed by atoms with Gasteiger partial charge >= 0.3 is 0 Å². The molecule has 0 spiro atoms. The Hall–Kier alpha value is -2.04. The fourth-order valence-electron chi connectivity index (χ4n) is 2.43. The van der Waals surface area contributed by atoms with E-state index in [2.05, 4.69) is 37.5 Å². The van der Waals surface area contributed by atoms with Crippen molar-refractivity contribution in [2.75, 3.05) is 14.2 Å². The number of hydrogen-bond acceptors (Lipinski definition) is 4. The Balaban J connectivity index is 2.52. The molecule has 21 heavy (non-hydrogen) atoms. The molecule has 0 fully saturated rings. The molecule has 1 atom stereocenters. The van der Waals surface area contributed by atoms with Crippen LogP contribution in [0.15, 0.2) is 36.4 Å². The zero-order valence-electron chi connectivity index (χ0n) is 12.9. The second-order valence-electron chi connectivity index (χ2n) is 5.11. The van der Waals surface area contributed by atoms with Gasteiger partial charge < -0.3 is 9.47 Å². The van der Waals surface area contributed by atoms with Crippen LogP contribution in [-0.4, -0.2) is 14.2 Å². The van der Waals surface area contributed by atoms with Gasteiger partial charge in [0.05, 0.1) is 20.3 Å². The Morgan fingerprint density at radius 1 is 0.952 bits per heavy atom. The fourth-order valence-corrected chi connectivity index (χ4v) is 2.43. The van der Waals surface area contributed by atoms with Crippen LogP contribution in [0, 0.1) is 13.8 Å². The molecule has 2 rings (SSSR count). The van der Waals surface area contributed by atoms with Crippen molar-refractivity contribution < 1.29 is 9.47 Å². The predicted molar refractivity (Wildman–Crippen MR) is 84.6 cm³/mol. The van der Waals surface area contributed by atoms with Crippen molar-refractivity contribution in [1.82, 2.24) is 5.43 Å². The van der Waals surface area contributed by atoms with E-state index < -0.39 is 0 Å². The summed E-state index contributed by atoms with van der Waals surface area (Å²) in [5.41, 5.74) is 7.43. The normalized spacial score (nSPS) is 12.0. The van der Waals surface area contributed by atoms with Gasteiger partial charge in [-0.25, -0.2) is 5.43 Å². The molecule has 2 aromatic carbocycles.